The first-order chi connectivity index (χ1) is 18.3. The molecule has 0 amide bonds. The molecular weight excluding hydrogens is 450 g/mol. The van der Waals surface area contributed by atoms with Crippen LogP contribution >= 0.6 is 0 Å². The Hall–Kier alpha value is -4.82. The molecule has 0 N–H and O–H groups in total. The molecule has 0 unspecified atom stereocenters. The zero-order valence-corrected chi connectivity index (χ0v) is 20.7. The number of nitrogens with zero attached hydrogens (tertiary/aromatic N) is 1. The first kappa shape index (κ1) is 22.6. The lowest BCUT2D eigenvalue weighted by Crippen LogP contribution is -2.09. The largest absolute Gasteiger partial charge is 0.497 e. The van der Waals surface area contributed by atoms with Gasteiger partial charge in [0.2, 0.25) is 0 Å². The Morgan fingerprint density at radius 1 is 0.486 bits per heavy atom. The molecule has 0 fully saturated rings. The van der Waals surface area contributed by atoms with Crippen molar-refractivity contribution in [3.05, 3.63) is 145 Å². The fraction of sp³-hybridized carbons (Fsp3) is 0.0286. The highest BCUT2D eigenvalue weighted by atomic mass is 16.5. The molecule has 0 spiro atoms. The lowest BCUT2D eigenvalue weighted by atomic mass is 9.99. The Labute approximate surface area is 217 Å². The van der Waals surface area contributed by atoms with Gasteiger partial charge in [-0.25, -0.2) is 0 Å². The second-order valence-electron chi connectivity index (χ2n) is 9.06. The van der Waals surface area contributed by atoms with E-state index in [1.54, 1.807) is 7.11 Å². The fourth-order valence-electron chi connectivity index (χ4n) is 4.81. The van der Waals surface area contributed by atoms with E-state index in [9.17, 15) is 0 Å². The molecule has 2 heteroatoms. The lowest BCUT2D eigenvalue weighted by Gasteiger charge is -2.25. The number of ether oxygens (including phenoxy) is 1. The van der Waals surface area contributed by atoms with E-state index in [4.69, 9.17) is 4.74 Å². The normalized spacial score (nSPS) is 11.3. The molecule has 0 radical (unpaired) electrons. The number of hydrogen-bond acceptors (Lipinski definition) is 2. The summed E-state index contributed by atoms with van der Waals surface area (Å²) < 4.78 is 5.36. The van der Waals surface area contributed by atoms with Gasteiger partial charge in [-0.2, -0.15) is 0 Å². The van der Waals surface area contributed by atoms with Gasteiger partial charge in [0.05, 0.1) is 7.11 Å². The lowest BCUT2D eigenvalue weighted by molar-refractivity contribution is 0.415. The van der Waals surface area contributed by atoms with E-state index in [1.165, 1.54) is 27.1 Å². The van der Waals surface area contributed by atoms with Crippen LogP contribution in [-0.4, -0.2) is 7.11 Å². The van der Waals surface area contributed by atoms with Gasteiger partial charge < -0.3 is 9.64 Å². The number of benzene rings is 6. The summed E-state index contributed by atoms with van der Waals surface area (Å²) in [6, 6.07) is 46.9. The monoisotopic (exact) mass is 477 g/mol. The maximum Gasteiger partial charge on any atom is 0.119 e. The van der Waals surface area contributed by atoms with Crippen molar-refractivity contribution in [1.29, 1.82) is 0 Å². The highest BCUT2D eigenvalue weighted by Gasteiger charge is 2.12. The van der Waals surface area contributed by atoms with Crippen LogP contribution < -0.4 is 9.64 Å². The van der Waals surface area contributed by atoms with E-state index in [2.05, 4.69) is 132 Å². The van der Waals surface area contributed by atoms with Gasteiger partial charge in [0.15, 0.2) is 0 Å². The number of methoxy groups -OCH3 is 1. The zero-order valence-electron chi connectivity index (χ0n) is 20.7. The van der Waals surface area contributed by atoms with E-state index in [-0.39, 0.29) is 0 Å². The van der Waals surface area contributed by atoms with Crippen molar-refractivity contribution in [2.24, 2.45) is 0 Å². The summed E-state index contributed by atoms with van der Waals surface area (Å²) in [5, 5.41) is 5.11. The summed E-state index contributed by atoms with van der Waals surface area (Å²) in [4.78, 5) is 2.25. The number of fused-ring (bicyclic) bond motifs is 3. The molecule has 0 atom stereocenters. The van der Waals surface area contributed by atoms with Gasteiger partial charge in [0.1, 0.15) is 5.75 Å². The maximum atomic E-state index is 5.36. The van der Waals surface area contributed by atoms with Crippen LogP contribution in [0, 0.1) is 0 Å². The van der Waals surface area contributed by atoms with Crippen molar-refractivity contribution in [2.75, 3.05) is 12.0 Å². The van der Waals surface area contributed by atoms with E-state index in [0.29, 0.717) is 0 Å². The second kappa shape index (κ2) is 10.0. The van der Waals surface area contributed by atoms with Gasteiger partial charge in [-0.15, -0.1) is 0 Å². The summed E-state index contributed by atoms with van der Waals surface area (Å²) in [5.41, 5.74) is 5.64. The van der Waals surface area contributed by atoms with E-state index >= 15 is 0 Å². The molecule has 6 aromatic carbocycles. The van der Waals surface area contributed by atoms with Crippen molar-refractivity contribution in [3.8, 4) is 5.75 Å². The molecule has 0 bridgehead atoms. The van der Waals surface area contributed by atoms with Crippen molar-refractivity contribution in [2.45, 2.75) is 0 Å². The predicted molar refractivity (Wildman–Crippen MR) is 158 cm³/mol. The molecule has 6 aromatic rings. The molecule has 0 aliphatic rings. The third-order valence-corrected chi connectivity index (χ3v) is 6.74. The quantitative estimate of drug-likeness (QED) is 0.175. The average Bonchev–Trinajstić information content (AvgIpc) is 2.97. The number of rotatable bonds is 6. The molecule has 0 aliphatic heterocycles. The molecule has 0 saturated carbocycles. The minimum Gasteiger partial charge on any atom is -0.497 e. The molecule has 0 saturated heterocycles. The van der Waals surface area contributed by atoms with Gasteiger partial charge in [-0.05, 0) is 87.3 Å². The van der Waals surface area contributed by atoms with Crippen LogP contribution in [0.1, 0.15) is 11.1 Å². The molecule has 2 nitrogen and oxygen atoms in total. The van der Waals surface area contributed by atoms with Crippen molar-refractivity contribution >= 4 is 50.8 Å². The van der Waals surface area contributed by atoms with Crippen LogP contribution in [0.2, 0.25) is 0 Å². The summed E-state index contributed by atoms with van der Waals surface area (Å²) in [6.45, 7) is 0. The Balaban J connectivity index is 1.30. The van der Waals surface area contributed by atoms with Crippen LogP contribution in [0.25, 0.3) is 33.7 Å². The Kier molecular flexibility index (Phi) is 6.14. The van der Waals surface area contributed by atoms with Crippen LogP contribution in [0.4, 0.5) is 17.1 Å². The Morgan fingerprint density at radius 2 is 1.03 bits per heavy atom. The number of hydrogen-bond donors (Lipinski definition) is 0. The second-order valence-corrected chi connectivity index (χ2v) is 9.06. The first-order valence-corrected chi connectivity index (χ1v) is 12.5. The van der Waals surface area contributed by atoms with Crippen LogP contribution in [-0.2, 0) is 0 Å². The smallest absolute Gasteiger partial charge is 0.119 e. The molecule has 6 rings (SSSR count). The summed E-state index contributed by atoms with van der Waals surface area (Å²) in [6.07, 6.45) is 4.37. The minimum absolute atomic E-state index is 0.846. The van der Waals surface area contributed by atoms with Crippen LogP contribution in [0.15, 0.2) is 133 Å². The Morgan fingerprint density at radius 3 is 1.76 bits per heavy atom. The average molecular weight is 478 g/mol. The SMILES string of the molecule is COc1ccc(N(c2ccccc2)c2ccc(C=Cc3ccc4ccc5ccccc5c4c3)cc2)cc1. The van der Waals surface area contributed by atoms with E-state index < -0.39 is 0 Å². The van der Waals surface area contributed by atoms with Crippen molar-refractivity contribution < 1.29 is 4.74 Å². The standard InChI is InChI=1S/C35H27NO/c1-37-33-23-21-32(22-24-33)36(30-8-3-2-4-9-30)31-19-14-26(15-20-31)11-12-27-13-16-29-18-17-28-7-5-6-10-34(28)35(29)25-27/h2-25H,1H3. The summed E-state index contributed by atoms with van der Waals surface area (Å²) in [7, 11) is 1.69. The number of para-hydroxylation sites is 1. The number of anilines is 3. The van der Waals surface area contributed by atoms with Gasteiger partial charge in [0, 0.05) is 17.1 Å². The van der Waals surface area contributed by atoms with E-state index in [0.717, 1.165) is 28.4 Å². The first-order valence-electron chi connectivity index (χ1n) is 12.5. The third-order valence-electron chi connectivity index (χ3n) is 6.74. The van der Waals surface area contributed by atoms with Gasteiger partial charge in [-0.3, -0.25) is 0 Å². The van der Waals surface area contributed by atoms with Crippen LogP contribution in [0.5, 0.6) is 5.75 Å². The summed E-state index contributed by atoms with van der Waals surface area (Å²) in [5.74, 6) is 0.846. The summed E-state index contributed by atoms with van der Waals surface area (Å²) >= 11 is 0. The van der Waals surface area contributed by atoms with E-state index in [1.807, 2.05) is 18.2 Å². The van der Waals surface area contributed by atoms with Crippen molar-refractivity contribution in [3.63, 3.8) is 0 Å². The highest BCUT2D eigenvalue weighted by Crippen LogP contribution is 2.35. The molecule has 0 aromatic heterocycles. The van der Waals surface area contributed by atoms with Crippen LogP contribution in [0.3, 0.4) is 0 Å². The van der Waals surface area contributed by atoms with Gasteiger partial charge in [0.25, 0.3) is 0 Å². The molecular formula is C35H27NO. The van der Waals surface area contributed by atoms with Gasteiger partial charge >= 0.3 is 0 Å². The zero-order chi connectivity index (χ0) is 25.0. The highest BCUT2D eigenvalue weighted by molar-refractivity contribution is 6.08. The minimum atomic E-state index is 0.846. The van der Waals surface area contributed by atoms with Gasteiger partial charge in [-0.1, -0.05) is 91.0 Å². The molecule has 178 valence electrons. The molecule has 37 heavy (non-hydrogen) atoms. The fourth-order valence-corrected chi connectivity index (χ4v) is 4.81. The topological polar surface area (TPSA) is 12.5 Å². The molecule has 0 aliphatic carbocycles. The third kappa shape index (κ3) is 4.70. The maximum absolute atomic E-state index is 5.36. The Bertz CT molecular complexity index is 1680. The predicted octanol–water partition coefficient (Wildman–Crippen LogP) is 9.64. The van der Waals surface area contributed by atoms with Crippen molar-refractivity contribution in [1.82, 2.24) is 0 Å². The molecule has 0 heterocycles.